The summed E-state index contributed by atoms with van der Waals surface area (Å²) in [5.41, 5.74) is 0.446. The Kier molecular flexibility index (Phi) is 3.25. The van der Waals surface area contributed by atoms with Crippen molar-refractivity contribution in [1.82, 2.24) is 9.97 Å². The Bertz CT molecular complexity index is 460. The van der Waals surface area contributed by atoms with Crippen molar-refractivity contribution in [2.24, 2.45) is 5.41 Å². The van der Waals surface area contributed by atoms with Crippen LogP contribution in [-0.2, 0) is 0 Å². The lowest BCUT2D eigenvalue weighted by molar-refractivity contribution is 0.209. The van der Waals surface area contributed by atoms with Crippen molar-refractivity contribution in [2.75, 3.05) is 18.0 Å². The van der Waals surface area contributed by atoms with Gasteiger partial charge in [0.25, 0.3) is 0 Å². The average molecular weight is 264 g/mol. The van der Waals surface area contributed by atoms with Crippen LogP contribution in [0.1, 0.15) is 32.1 Å². The summed E-state index contributed by atoms with van der Waals surface area (Å²) in [5.74, 6) is 0.903. The highest BCUT2D eigenvalue weighted by Crippen LogP contribution is 2.42. The minimum atomic E-state index is 0.446. The number of aromatic nitrogens is 2. The van der Waals surface area contributed by atoms with Crippen LogP contribution in [0, 0.1) is 5.41 Å². The summed E-state index contributed by atoms with van der Waals surface area (Å²) in [6.07, 6.45) is 14.2. The van der Waals surface area contributed by atoms with Gasteiger partial charge < -0.3 is 4.90 Å². The predicted octanol–water partition coefficient (Wildman–Crippen LogP) is 3.46. The molecule has 0 bridgehead atoms. The quantitative estimate of drug-likeness (QED) is 0.727. The number of anilines is 1. The molecule has 1 aliphatic carbocycles. The van der Waals surface area contributed by atoms with E-state index in [1.54, 1.807) is 12.5 Å². The van der Waals surface area contributed by atoms with Crippen molar-refractivity contribution in [3.8, 4) is 0 Å². The maximum Gasteiger partial charge on any atom is 0.150 e. The summed E-state index contributed by atoms with van der Waals surface area (Å²) >= 11 is 6.20. The van der Waals surface area contributed by atoms with Crippen molar-refractivity contribution in [3.05, 3.63) is 29.7 Å². The van der Waals surface area contributed by atoms with Gasteiger partial charge in [0.1, 0.15) is 11.3 Å². The number of rotatable bonds is 1. The smallest absolute Gasteiger partial charge is 0.150 e. The van der Waals surface area contributed by atoms with Crippen LogP contribution in [0.15, 0.2) is 24.7 Å². The minimum Gasteiger partial charge on any atom is -0.355 e. The number of halogens is 1. The number of hydrogen-bond acceptors (Lipinski definition) is 3. The summed E-state index contributed by atoms with van der Waals surface area (Å²) in [7, 11) is 0. The molecule has 0 radical (unpaired) electrons. The van der Waals surface area contributed by atoms with E-state index in [2.05, 4.69) is 27.0 Å². The fraction of sp³-hybridized carbons (Fsp3) is 0.571. The Hall–Kier alpha value is -1.09. The molecule has 2 heterocycles. The first-order chi connectivity index (χ1) is 8.79. The van der Waals surface area contributed by atoms with Crippen molar-refractivity contribution >= 4 is 17.4 Å². The Balaban J connectivity index is 1.82. The molecule has 3 nitrogen and oxygen atoms in total. The van der Waals surface area contributed by atoms with Crippen LogP contribution >= 0.6 is 11.6 Å². The van der Waals surface area contributed by atoms with Crippen molar-refractivity contribution in [2.45, 2.75) is 32.1 Å². The highest BCUT2D eigenvalue weighted by Gasteiger charge is 2.35. The summed E-state index contributed by atoms with van der Waals surface area (Å²) in [4.78, 5) is 10.6. The maximum atomic E-state index is 6.20. The van der Waals surface area contributed by atoms with Crippen molar-refractivity contribution in [3.63, 3.8) is 0 Å². The van der Waals surface area contributed by atoms with E-state index in [4.69, 9.17) is 11.6 Å². The summed E-state index contributed by atoms with van der Waals surface area (Å²) in [5, 5.41) is 0.668. The molecule has 4 heteroatoms. The van der Waals surface area contributed by atoms with Crippen LogP contribution in [0.2, 0.25) is 5.02 Å². The Labute approximate surface area is 113 Å². The molecule has 0 N–H and O–H groups in total. The van der Waals surface area contributed by atoms with Gasteiger partial charge in [-0.1, -0.05) is 23.8 Å². The third-order valence-electron chi connectivity index (χ3n) is 4.17. The second-order valence-corrected chi connectivity index (χ2v) is 5.84. The Morgan fingerprint density at radius 1 is 1.28 bits per heavy atom. The molecule has 96 valence electrons. The lowest BCUT2D eigenvalue weighted by Gasteiger charge is -2.44. The molecule has 0 saturated carbocycles. The second-order valence-electron chi connectivity index (χ2n) is 5.43. The first-order valence-corrected chi connectivity index (χ1v) is 7.02. The van der Waals surface area contributed by atoms with E-state index in [1.165, 1.54) is 32.1 Å². The number of allylic oxidation sites excluding steroid dienone is 2. The third-order valence-corrected chi connectivity index (χ3v) is 4.43. The van der Waals surface area contributed by atoms with Crippen LogP contribution < -0.4 is 4.90 Å². The standard InChI is InChI=1S/C14H18ClN3/c15-12-9-16-11-17-13(12)18-8-4-7-14(10-18)5-2-1-3-6-14/h1-2,9,11H,3-8,10H2. The van der Waals surface area contributed by atoms with Crippen molar-refractivity contribution in [1.29, 1.82) is 0 Å². The summed E-state index contributed by atoms with van der Waals surface area (Å²) in [6.45, 7) is 2.14. The molecule has 1 aliphatic heterocycles. The minimum absolute atomic E-state index is 0.446. The van der Waals surface area contributed by atoms with Gasteiger partial charge in [0.2, 0.25) is 0 Å². The zero-order valence-corrected chi connectivity index (χ0v) is 11.2. The average Bonchev–Trinajstić information content (AvgIpc) is 2.40. The molecule has 1 fully saturated rings. The first kappa shape index (κ1) is 12.0. The highest BCUT2D eigenvalue weighted by atomic mass is 35.5. The molecule has 1 aromatic rings. The summed E-state index contributed by atoms with van der Waals surface area (Å²) in [6, 6.07) is 0. The van der Waals surface area contributed by atoms with E-state index in [0.717, 1.165) is 18.9 Å². The third kappa shape index (κ3) is 2.24. The zero-order valence-electron chi connectivity index (χ0n) is 10.5. The van der Waals surface area contributed by atoms with E-state index in [1.807, 2.05) is 0 Å². The van der Waals surface area contributed by atoms with Gasteiger partial charge in [-0.3, -0.25) is 0 Å². The Morgan fingerprint density at radius 3 is 3.00 bits per heavy atom. The van der Waals surface area contributed by atoms with Gasteiger partial charge in [-0.15, -0.1) is 0 Å². The van der Waals surface area contributed by atoms with Gasteiger partial charge in [0.05, 0.1) is 6.20 Å². The molecule has 1 aromatic heterocycles. The molecule has 1 atom stereocenters. The number of nitrogens with zero attached hydrogens (tertiary/aromatic N) is 3. The largest absolute Gasteiger partial charge is 0.355 e. The van der Waals surface area contributed by atoms with Crippen LogP contribution in [0.3, 0.4) is 0 Å². The topological polar surface area (TPSA) is 29.0 Å². The van der Waals surface area contributed by atoms with Crippen molar-refractivity contribution < 1.29 is 0 Å². The Morgan fingerprint density at radius 2 is 2.22 bits per heavy atom. The lowest BCUT2D eigenvalue weighted by Crippen LogP contribution is -2.44. The molecule has 0 amide bonds. The fourth-order valence-corrected chi connectivity index (χ4v) is 3.47. The fourth-order valence-electron chi connectivity index (χ4n) is 3.24. The normalized spacial score (nSPS) is 27.7. The predicted molar refractivity (Wildman–Crippen MR) is 73.9 cm³/mol. The second kappa shape index (κ2) is 4.88. The van der Waals surface area contributed by atoms with E-state index in [9.17, 15) is 0 Å². The molecule has 18 heavy (non-hydrogen) atoms. The molecule has 1 spiro atoms. The molecule has 3 rings (SSSR count). The van der Waals surface area contributed by atoms with E-state index in [-0.39, 0.29) is 0 Å². The molecule has 2 aliphatic rings. The van der Waals surface area contributed by atoms with Crippen LogP contribution in [-0.4, -0.2) is 23.1 Å². The van der Waals surface area contributed by atoms with E-state index in [0.29, 0.717) is 10.4 Å². The van der Waals surface area contributed by atoms with Crippen LogP contribution in [0.4, 0.5) is 5.82 Å². The molecule has 1 unspecified atom stereocenters. The van der Waals surface area contributed by atoms with Crippen LogP contribution in [0.5, 0.6) is 0 Å². The lowest BCUT2D eigenvalue weighted by atomic mass is 9.71. The molecular weight excluding hydrogens is 246 g/mol. The van der Waals surface area contributed by atoms with Crippen LogP contribution in [0.25, 0.3) is 0 Å². The number of hydrogen-bond donors (Lipinski definition) is 0. The maximum absolute atomic E-state index is 6.20. The zero-order chi connectivity index (χ0) is 12.4. The first-order valence-electron chi connectivity index (χ1n) is 6.65. The highest BCUT2D eigenvalue weighted by molar-refractivity contribution is 6.32. The molecule has 0 aromatic carbocycles. The van der Waals surface area contributed by atoms with E-state index < -0.39 is 0 Å². The summed E-state index contributed by atoms with van der Waals surface area (Å²) < 4.78 is 0. The van der Waals surface area contributed by atoms with Gasteiger partial charge in [0, 0.05) is 13.1 Å². The van der Waals surface area contributed by atoms with Gasteiger partial charge in [-0.25, -0.2) is 9.97 Å². The van der Waals surface area contributed by atoms with Gasteiger partial charge in [0.15, 0.2) is 5.82 Å². The monoisotopic (exact) mass is 263 g/mol. The van der Waals surface area contributed by atoms with Gasteiger partial charge in [-0.2, -0.15) is 0 Å². The van der Waals surface area contributed by atoms with E-state index >= 15 is 0 Å². The number of piperidine rings is 1. The SMILES string of the molecule is Clc1cncnc1N1CCCC2(CC=CCC2)C1. The molecule has 1 saturated heterocycles. The molecular formula is C14H18ClN3. The van der Waals surface area contributed by atoms with Gasteiger partial charge in [-0.05, 0) is 37.5 Å². The van der Waals surface area contributed by atoms with Gasteiger partial charge >= 0.3 is 0 Å².